The number of aromatic nitrogens is 3. The number of carbonyl (C=O) groups excluding carboxylic acids is 1. The third-order valence-electron chi connectivity index (χ3n) is 5.24. The highest BCUT2D eigenvalue weighted by molar-refractivity contribution is 7.90. The molecule has 2 aromatic heterocycles. The summed E-state index contributed by atoms with van der Waals surface area (Å²) in [6.07, 6.45) is 4.34. The highest BCUT2D eigenvalue weighted by Crippen LogP contribution is 2.25. The van der Waals surface area contributed by atoms with Crippen LogP contribution in [0.4, 0.5) is 5.13 Å². The fraction of sp³-hybridized carbons (Fsp3) is 0.200. The van der Waals surface area contributed by atoms with Crippen molar-refractivity contribution in [1.29, 1.82) is 5.26 Å². The van der Waals surface area contributed by atoms with Crippen LogP contribution in [-0.4, -0.2) is 41.1 Å². The first-order chi connectivity index (χ1) is 17.1. The van der Waals surface area contributed by atoms with Crippen LogP contribution in [0.3, 0.4) is 0 Å². The minimum atomic E-state index is -3.60. The van der Waals surface area contributed by atoms with Gasteiger partial charge in [-0.1, -0.05) is 24.3 Å². The minimum absolute atomic E-state index is 0.00691. The average Bonchev–Trinajstić information content (AvgIpc) is 3.42. The molecule has 2 aromatic carbocycles. The molecule has 0 radical (unpaired) electrons. The molecule has 0 atom stereocenters. The van der Waals surface area contributed by atoms with Crippen molar-refractivity contribution in [3.63, 3.8) is 0 Å². The molecular weight excluding hydrogens is 498 g/mol. The molecule has 0 unspecified atom stereocenters. The number of benzene rings is 2. The molecule has 0 bridgehead atoms. The fourth-order valence-electron chi connectivity index (χ4n) is 3.73. The Hall–Kier alpha value is -4.01. The van der Waals surface area contributed by atoms with Gasteiger partial charge in [-0.3, -0.25) is 10.1 Å². The van der Waals surface area contributed by atoms with Gasteiger partial charge >= 0.3 is 0 Å². The zero-order chi connectivity index (χ0) is 25.9. The van der Waals surface area contributed by atoms with E-state index < -0.39 is 15.7 Å². The summed E-state index contributed by atoms with van der Waals surface area (Å²) in [6.45, 7) is 5.05. The number of amides is 1. The molecule has 0 aliphatic rings. The second kappa shape index (κ2) is 10.3. The Labute approximate surface area is 212 Å². The molecule has 184 valence electrons. The molecule has 0 fully saturated rings. The predicted molar refractivity (Wildman–Crippen MR) is 139 cm³/mol. The van der Waals surface area contributed by atoms with Gasteiger partial charge in [-0.05, 0) is 49.2 Å². The van der Waals surface area contributed by atoms with Gasteiger partial charge in [-0.15, -0.1) is 0 Å². The van der Waals surface area contributed by atoms with E-state index in [4.69, 9.17) is 4.74 Å². The molecule has 1 amide bonds. The first-order valence-electron chi connectivity index (χ1n) is 10.9. The van der Waals surface area contributed by atoms with Gasteiger partial charge in [0.15, 0.2) is 0 Å². The number of nitrogens with zero attached hydrogens (tertiary/aromatic N) is 4. The fourth-order valence-corrected chi connectivity index (χ4v) is 5.17. The molecule has 1 N–H and O–H groups in total. The number of rotatable bonds is 8. The lowest BCUT2D eigenvalue weighted by molar-refractivity contribution is -0.112. The van der Waals surface area contributed by atoms with Crippen LogP contribution in [0.1, 0.15) is 16.7 Å². The number of hydrogen-bond donors (Lipinski definition) is 1. The van der Waals surface area contributed by atoms with Crippen LogP contribution in [0, 0.1) is 25.2 Å². The lowest BCUT2D eigenvalue weighted by Crippen LogP contribution is -2.13. The quantitative estimate of drug-likeness (QED) is 0.273. The molecule has 9 nitrogen and oxygen atoms in total. The first kappa shape index (κ1) is 25.1. The van der Waals surface area contributed by atoms with E-state index in [1.807, 2.05) is 67.1 Å². The lowest BCUT2D eigenvalue weighted by Gasteiger charge is -2.10. The smallest absolute Gasteiger partial charge is 0.268 e. The lowest BCUT2D eigenvalue weighted by atomic mass is 10.1. The minimum Gasteiger partial charge on any atom is -0.492 e. The van der Waals surface area contributed by atoms with Crippen molar-refractivity contribution in [3.8, 4) is 11.8 Å². The topological polar surface area (TPSA) is 127 Å². The largest absolute Gasteiger partial charge is 0.492 e. The summed E-state index contributed by atoms with van der Waals surface area (Å²) in [7, 11) is -3.60. The first-order valence-corrected chi connectivity index (χ1v) is 13.6. The number of aryl methyl sites for hydroxylation is 2. The third-order valence-corrected chi connectivity index (χ3v) is 6.83. The summed E-state index contributed by atoms with van der Waals surface area (Å²) in [5.41, 5.74) is 3.74. The zero-order valence-electron chi connectivity index (χ0n) is 19.8. The summed E-state index contributed by atoms with van der Waals surface area (Å²) in [5, 5.41) is 12.6. The SMILES string of the molecule is Cc1cc(C)cc(OCCn2cc(/C=C(/C#N)C(=O)Nc3nc(S(C)(=O)=O)ns3)c3ccccc32)c1. The molecule has 4 aromatic rings. The molecular formula is C25H23N5O4S2. The maximum absolute atomic E-state index is 12.7. The summed E-state index contributed by atoms with van der Waals surface area (Å²) in [4.78, 5) is 16.5. The second-order valence-electron chi connectivity index (χ2n) is 8.25. The van der Waals surface area contributed by atoms with Crippen molar-refractivity contribution in [2.75, 3.05) is 18.2 Å². The Morgan fingerprint density at radius 3 is 2.61 bits per heavy atom. The van der Waals surface area contributed by atoms with Crippen molar-refractivity contribution in [1.82, 2.24) is 13.9 Å². The van der Waals surface area contributed by atoms with E-state index in [0.29, 0.717) is 18.7 Å². The number of carbonyl (C=O) groups is 1. The van der Waals surface area contributed by atoms with Crippen LogP contribution in [0.15, 0.2) is 59.4 Å². The summed E-state index contributed by atoms with van der Waals surface area (Å²) < 4.78 is 34.8. The third kappa shape index (κ3) is 5.79. The summed E-state index contributed by atoms with van der Waals surface area (Å²) in [5.74, 6) is 0.104. The van der Waals surface area contributed by atoms with Gasteiger partial charge in [0.1, 0.15) is 24.0 Å². The number of sulfone groups is 1. The highest BCUT2D eigenvalue weighted by atomic mass is 32.2. The number of ether oxygens (including phenoxy) is 1. The van der Waals surface area contributed by atoms with Gasteiger partial charge in [-0.2, -0.15) is 14.6 Å². The number of hydrogen-bond acceptors (Lipinski definition) is 8. The van der Waals surface area contributed by atoms with Gasteiger partial charge in [-0.25, -0.2) is 8.42 Å². The second-order valence-corrected chi connectivity index (χ2v) is 10.9. The van der Waals surface area contributed by atoms with Crippen molar-refractivity contribution < 1.29 is 17.9 Å². The zero-order valence-corrected chi connectivity index (χ0v) is 21.5. The molecule has 0 spiro atoms. The van der Waals surface area contributed by atoms with Crippen LogP contribution in [-0.2, 0) is 21.2 Å². The number of anilines is 1. The van der Waals surface area contributed by atoms with Crippen LogP contribution in [0.25, 0.3) is 17.0 Å². The Kier molecular flexibility index (Phi) is 7.19. The Morgan fingerprint density at radius 1 is 1.22 bits per heavy atom. The van der Waals surface area contributed by atoms with E-state index in [1.165, 1.54) is 6.08 Å². The summed E-state index contributed by atoms with van der Waals surface area (Å²) >= 11 is 0.728. The van der Waals surface area contributed by atoms with E-state index >= 15 is 0 Å². The molecule has 11 heteroatoms. The number of para-hydroxylation sites is 1. The monoisotopic (exact) mass is 521 g/mol. The van der Waals surface area contributed by atoms with Crippen molar-refractivity contribution in [3.05, 3.63) is 70.9 Å². The Morgan fingerprint density at radius 2 is 1.94 bits per heavy atom. The molecule has 0 saturated carbocycles. The van der Waals surface area contributed by atoms with E-state index in [0.717, 1.165) is 45.6 Å². The van der Waals surface area contributed by atoms with Crippen LogP contribution in [0.2, 0.25) is 0 Å². The van der Waals surface area contributed by atoms with Gasteiger partial charge in [0.05, 0.1) is 6.54 Å². The molecule has 0 aliphatic carbocycles. The van der Waals surface area contributed by atoms with Gasteiger partial charge in [0.25, 0.3) is 11.1 Å². The number of fused-ring (bicyclic) bond motifs is 1. The van der Waals surface area contributed by atoms with E-state index in [2.05, 4.69) is 20.7 Å². The number of nitriles is 1. The van der Waals surface area contributed by atoms with Crippen molar-refractivity contribution >= 4 is 49.4 Å². The van der Waals surface area contributed by atoms with Crippen molar-refractivity contribution in [2.45, 2.75) is 25.5 Å². The molecule has 4 rings (SSSR count). The Balaban J connectivity index is 1.55. The predicted octanol–water partition coefficient (Wildman–Crippen LogP) is 4.14. The van der Waals surface area contributed by atoms with E-state index in [1.54, 1.807) is 0 Å². The molecule has 0 saturated heterocycles. The average molecular weight is 522 g/mol. The summed E-state index contributed by atoms with van der Waals surface area (Å²) in [6, 6.07) is 15.7. The maximum atomic E-state index is 12.7. The molecule has 2 heterocycles. The normalized spacial score (nSPS) is 11.9. The van der Waals surface area contributed by atoms with Gasteiger partial charge < -0.3 is 9.30 Å². The van der Waals surface area contributed by atoms with Crippen LogP contribution < -0.4 is 10.1 Å². The molecule has 36 heavy (non-hydrogen) atoms. The number of nitrogens with one attached hydrogen (secondary N) is 1. The molecule has 0 aliphatic heterocycles. The van der Waals surface area contributed by atoms with E-state index in [-0.39, 0.29) is 15.9 Å². The van der Waals surface area contributed by atoms with Gasteiger partial charge in [0.2, 0.25) is 15.0 Å². The standard InChI is InChI=1S/C25H23N5O4S2/c1-16-10-17(2)12-20(11-16)34-9-8-30-15-19(21-6-4-5-7-22(21)30)13-18(14-26)23(31)27-24-28-25(29-35-24)36(3,32)33/h4-7,10-13,15H,8-9H2,1-3H3,(H,27,28,29,31)/b18-13-. The van der Waals surface area contributed by atoms with Crippen LogP contribution in [0.5, 0.6) is 5.75 Å². The highest BCUT2D eigenvalue weighted by Gasteiger charge is 2.18. The van der Waals surface area contributed by atoms with Crippen LogP contribution >= 0.6 is 11.5 Å². The van der Waals surface area contributed by atoms with E-state index in [9.17, 15) is 18.5 Å². The van der Waals surface area contributed by atoms with Crippen molar-refractivity contribution in [2.24, 2.45) is 0 Å². The Bertz CT molecular complexity index is 1610. The maximum Gasteiger partial charge on any atom is 0.268 e. The van der Waals surface area contributed by atoms with Gasteiger partial charge in [0, 0.05) is 40.5 Å².